The van der Waals surface area contributed by atoms with E-state index < -0.39 is 5.97 Å². The first-order valence-electron chi connectivity index (χ1n) is 2.89. The molecule has 0 fully saturated rings. The van der Waals surface area contributed by atoms with Gasteiger partial charge < -0.3 is 10.8 Å². The number of carboxylic acid groups (broad SMARTS) is 1. The van der Waals surface area contributed by atoms with Gasteiger partial charge in [-0.2, -0.15) is 0 Å². The first-order valence-corrected chi connectivity index (χ1v) is 3.27. The van der Waals surface area contributed by atoms with Crippen LogP contribution < -0.4 is 5.73 Å². The van der Waals surface area contributed by atoms with Crippen molar-refractivity contribution >= 4 is 35.7 Å². The minimum Gasteiger partial charge on any atom is -0.478 e. The molecule has 1 aromatic carbocycles. The van der Waals surface area contributed by atoms with Gasteiger partial charge in [-0.3, -0.25) is 0 Å². The van der Waals surface area contributed by atoms with Gasteiger partial charge in [0.25, 0.3) is 0 Å². The maximum Gasteiger partial charge on any atom is 0.337 e. The second-order valence-electron chi connectivity index (χ2n) is 2.04. The molecule has 0 amide bonds. The van der Waals surface area contributed by atoms with E-state index in [-0.39, 0.29) is 23.0 Å². The molecular weight excluding hydrogens is 201 g/mol. The molecule has 3 N–H and O–H groups in total. The zero-order valence-corrected chi connectivity index (χ0v) is 7.52. The van der Waals surface area contributed by atoms with E-state index in [0.29, 0.717) is 5.69 Å². The number of anilines is 1. The third-order valence-corrected chi connectivity index (χ3v) is 1.54. The van der Waals surface area contributed by atoms with Gasteiger partial charge in [-0.05, 0) is 18.2 Å². The van der Waals surface area contributed by atoms with Crippen LogP contribution in [0.15, 0.2) is 18.2 Å². The number of rotatable bonds is 1. The zero-order chi connectivity index (χ0) is 8.43. The quantitative estimate of drug-likeness (QED) is 0.694. The standard InChI is InChI=1S/C7H6ClNO2.ClH/c8-6-3-4(9)1-2-5(6)7(10)11;/h1-3H,9H2,(H,10,11);1H. The summed E-state index contributed by atoms with van der Waals surface area (Å²) in [5.41, 5.74) is 5.88. The van der Waals surface area contributed by atoms with Crippen molar-refractivity contribution in [1.29, 1.82) is 0 Å². The van der Waals surface area contributed by atoms with Gasteiger partial charge in [0.15, 0.2) is 0 Å². The predicted octanol–water partition coefficient (Wildman–Crippen LogP) is 2.04. The lowest BCUT2D eigenvalue weighted by Gasteiger charge is -1.98. The molecule has 0 saturated carbocycles. The maximum absolute atomic E-state index is 10.4. The summed E-state index contributed by atoms with van der Waals surface area (Å²) < 4.78 is 0. The van der Waals surface area contributed by atoms with Gasteiger partial charge in [0.2, 0.25) is 0 Å². The van der Waals surface area contributed by atoms with Gasteiger partial charge in [0.05, 0.1) is 10.6 Å². The summed E-state index contributed by atoms with van der Waals surface area (Å²) in [7, 11) is 0. The summed E-state index contributed by atoms with van der Waals surface area (Å²) in [6.07, 6.45) is 0. The van der Waals surface area contributed by atoms with Crippen LogP contribution in [0.2, 0.25) is 5.02 Å². The highest BCUT2D eigenvalue weighted by Crippen LogP contribution is 2.18. The first-order chi connectivity index (χ1) is 5.11. The fourth-order valence-corrected chi connectivity index (χ4v) is 0.975. The Morgan fingerprint density at radius 2 is 2.08 bits per heavy atom. The van der Waals surface area contributed by atoms with Crippen molar-refractivity contribution in [2.24, 2.45) is 0 Å². The number of benzene rings is 1. The van der Waals surface area contributed by atoms with E-state index in [1.165, 1.54) is 18.2 Å². The molecule has 0 aliphatic heterocycles. The molecule has 0 spiro atoms. The monoisotopic (exact) mass is 207 g/mol. The first kappa shape index (κ1) is 11.1. The molecule has 3 nitrogen and oxygen atoms in total. The van der Waals surface area contributed by atoms with Crippen molar-refractivity contribution in [2.45, 2.75) is 0 Å². The van der Waals surface area contributed by atoms with Crippen molar-refractivity contribution in [1.82, 2.24) is 0 Å². The second kappa shape index (κ2) is 4.18. The molecule has 0 heterocycles. The van der Waals surface area contributed by atoms with Gasteiger partial charge in [0.1, 0.15) is 0 Å². The molecule has 0 aliphatic carbocycles. The molecule has 66 valence electrons. The van der Waals surface area contributed by atoms with Crippen molar-refractivity contribution in [3.8, 4) is 0 Å². The van der Waals surface area contributed by atoms with Crippen LogP contribution in [-0.2, 0) is 0 Å². The summed E-state index contributed by atoms with van der Waals surface area (Å²) >= 11 is 5.56. The number of hydrogen-bond acceptors (Lipinski definition) is 2. The minimum absolute atomic E-state index is 0. The lowest BCUT2D eigenvalue weighted by atomic mass is 10.2. The zero-order valence-electron chi connectivity index (χ0n) is 5.95. The average Bonchev–Trinajstić information content (AvgIpc) is 1.85. The van der Waals surface area contributed by atoms with Crippen molar-refractivity contribution in [2.75, 3.05) is 5.73 Å². The summed E-state index contributed by atoms with van der Waals surface area (Å²) in [5, 5.41) is 8.70. The average molecular weight is 208 g/mol. The molecule has 5 heteroatoms. The van der Waals surface area contributed by atoms with Crippen molar-refractivity contribution in [3.63, 3.8) is 0 Å². The van der Waals surface area contributed by atoms with Crippen molar-refractivity contribution in [3.05, 3.63) is 28.8 Å². The number of hydrogen-bond donors (Lipinski definition) is 2. The highest BCUT2D eigenvalue weighted by Gasteiger charge is 2.06. The van der Waals surface area contributed by atoms with Crippen LogP contribution in [0.4, 0.5) is 5.69 Å². The van der Waals surface area contributed by atoms with Crippen LogP contribution in [0, 0.1) is 0 Å². The Morgan fingerprint density at radius 1 is 1.50 bits per heavy atom. The number of aromatic carboxylic acids is 1. The van der Waals surface area contributed by atoms with Gasteiger partial charge >= 0.3 is 5.97 Å². The van der Waals surface area contributed by atoms with E-state index in [9.17, 15) is 4.79 Å². The normalized spacial score (nSPS) is 8.75. The van der Waals surface area contributed by atoms with E-state index in [4.69, 9.17) is 22.4 Å². The van der Waals surface area contributed by atoms with Gasteiger partial charge in [0, 0.05) is 5.69 Å². The molecule has 0 saturated heterocycles. The molecule has 0 bridgehead atoms. The summed E-state index contributed by atoms with van der Waals surface area (Å²) in [4.78, 5) is 10.4. The van der Waals surface area contributed by atoms with Gasteiger partial charge in [-0.25, -0.2) is 4.79 Å². The molecule has 0 aromatic heterocycles. The van der Waals surface area contributed by atoms with Crippen LogP contribution in [0.5, 0.6) is 0 Å². The fourth-order valence-electron chi connectivity index (χ4n) is 0.705. The van der Waals surface area contributed by atoms with Crippen LogP contribution in [0.3, 0.4) is 0 Å². The van der Waals surface area contributed by atoms with Crippen molar-refractivity contribution < 1.29 is 9.90 Å². The summed E-state index contributed by atoms with van der Waals surface area (Å²) in [6.45, 7) is 0. The Hall–Kier alpha value is -0.930. The van der Waals surface area contributed by atoms with Crippen LogP contribution in [0.25, 0.3) is 0 Å². The smallest absolute Gasteiger partial charge is 0.337 e. The maximum atomic E-state index is 10.4. The highest BCUT2D eigenvalue weighted by atomic mass is 35.5. The predicted molar refractivity (Wildman–Crippen MR) is 50.1 cm³/mol. The third kappa shape index (κ3) is 2.29. The number of carboxylic acids is 1. The molecule has 12 heavy (non-hydrogen) atoms. The number of nitrogens with two attached hydrogens (primary N) is 1. The lowest BCUT2D eigenvalue weighted by molar-refractivity contribution is 0.0697. The summed E-state index contributed by atoms with van der Waals surface area (Å²) in [5.74, 6) is -1.05. The van der Waals surface area contributed by atoms with Gasteiger partial charge in [-0.1, -0.05) is 11.6 Å². The van der Waals surface area contributed by atoms with E-state index in [2.05, 4.69) is 0 Å². The molecule has 0 aliphatic rings. The summed E-state index contributed by atoms with van der Waals surface area (Å²) in [6, 6.07) is 4.28. The van der Waals surface area contributed by atoms with E-state index in [0.717, 1.165) is 0 Å². The molecule has 1 aromatic rings. The Kier molecular flexibility index (Phi) is 3.86. The molecular formula is C7H7Cl2NO2. The molecule has 0 unspecified atom stereocenters. The van der Waals surface area contributed by atoms with E-state index in [1.807, 2.05) is 0 Å². The highest BCUT2D eigenvalue weighted by molar-refractivity contribution is 6.33. The molecule has 1 rings (SSSR count). The van der Waals surface area contributed by atoms with E-state index >= 15 is 0 Å². The number of carbonyl (C=O) groups is 1. The topological polar surface area (TPSA) is 63.3 Å². The number of halogens is 2. The number of nitrogen functional groups attached to an aromatic ring is 1. The van der Waals surface area contributed by atoms with Crippen LogP contribution in [0.1, 0.15) is 10.4 Å². The molecule has 0 radical (unpaired) electrons. The SMILES string of the molecule is Cl.Nc1ccc(C(=O)O)c(Cl)c1. The van der Waals surface area contributed by atoms with E-state index in [1.54, 1.807) is 0 Å². The van der Waals surface area contributed by atoms with Crippen LogP contribution >= 0.6 is 24.0 Å². The Morgan fingerprint density at radius 3 is 2.50 bits per heavy atom. The lowest BCUT2D eigenvalue weighted by Crippen LogP contribution is -1.97. The Labute approximate surface area is 80.5 Å². The minimum atomic E-state index is -1.05. The Balaban J connectivity index is 0.00000121. The van der Waals surface area contributed by atoms with Crippen LogP contribution in [-0.4, -0.2) is 11.1 Å². The molecule has 0 atom stereocenters. The fraction of sp³-hybridized carbons (Fsp3) is 0. The van der Waals surface area contributed by atoms with Gasteiger partial charge in [-0.15, -0.1) is 12.4 Å². The second-order valence-corrected chi connectivity index (χ2v) is 2.45. The third-order valence-electron chi connectivity index (χ3n) is 1.22. The largest absolute Gasteiger partial charge is 0.478 e. The Bertz CT molecular complexity index is 301.